The van der Waals surface area contributed by atoms with Gasteiger partial charge >= 0.3 is 12.2 Å². The van der Waals surface area contributed by atoms with Crippen molar-refractivity contribution < 1.29 is 23.9 Å². The standard InChI is InChI=1S/C21H25ClN4O5/c1-5-30-20(29)26-16-12-25(19(28)31-21(2,3)4)11-15(16)17(24-26)23-18(27)14-8-6-13(10-22)7-9-14/h6-9H,5,10-12H2,1-4H3,(H,23,24,27). The van der Waals surface area contributed by atoms with Gasteiger partial charge in [-0.2, -0.15) is 4.68 Å². The molecule has 0 spiro atoms. The van der Waals surface area contributed by atoms with Crippen LogP contribution in [0.4, 0.5) is 15.4 Å². The Morgan fingerprint density at radius 2 is 1.81 bits per heavy atom. The molecule has 2 aromatic rings. The highest BCUT2D eigenvalue weighted by molar-refractivity contribution is 6.17. The Morgan fingerprint density at radius 1 is 1.13 bits per heavy atom. The smallest absolute Gasteiger partial charge is 0.435 e. The first-order valence-corrected chi connectivity index (χ1v) is 10.4. The molecule has 3 rings (SSSR count). The van der Waals surface area contributed by atoms with Gasteiger partial charge in [0.2, 0.25) is 0 Å². The topological polar surface area (TPSA) is 103 Å². The minimum atomic E-state index is -0.684. The summed E-state index contributed by atoms with van der Waals surface area (Å²) < 4.78 is 11.6. The lowest BCUT2D eigenvalue weighted by Gasteiger charge is -2.24. The molecule has 1 aliphatic heterocycles. The summed E-state index contributed by atoms with van der Waals surface area (Å²) in [4.78, 5) is 39.0. The average molecular weight is 449 g/mol. The van der Waals surface area contributed by atoms with E-state index in [-0.39, 0.29) is 25.5 Å². The van der Waals surface area contributed by atoms with Gasteiger partial charge in [-0.05, 0) is 45.4 Å². The Balaban J connectivity index is 1.86. The predicted octanol–water partition coefficient (Wildman–Crippen LogP) is 4.13. The molecule has 1 aromatic carbocycles. The van der Waals surface area contributed by atoms with Crippen LogP contribution in [-0.4, -0.2) is 45.0 Å². The van der Waals surface area contributed by atoms with Gasteiger partial charge in [0.15, 0.2) is 5.82 Å². The fourth-order valence-electron chi connectivity index (χ4n) is 3.06. The molecule has 0 unspecified atom stereocenters. The number of carbonyl (C=O) groups is 3. The summed E-state index contributed by atoms with van der Waals surface area (Å²) in [5, 5.41) is 6.96. The van der Waals surface area contributed by atoms with E-state index >= 15 is 0 Å². The van der Waals surface area contributed by atoms with Crippen molar-refractivity contribution >= 4 is 35.5 Å². The predicted molar refractivity (Wildman–Crippen MR) is 114 cm³/mol. The molecule has 0 radical (unpaired) electrons. The Kier molecular flexibility index (Phi) is 6.54. The number of aromatic nitrogens is 2. The van der Waals surface area contributed by atoms with Crippen LogP contribution in [0.3, 0.4) is 0 Å². The normalized spacial score (nSPS) is 13.0. The molecule has 1 aromatic heterocycles. The monoisotopic (exact) mass is 448 g/mol. The zero-order valence-electron chi connectivity index (χ0n) is 17.9. The van der Waals surface area contributed by atoms with Gasteiger partial charge in [0.25, 0.3) is 5.91 Å². The summed E-state index contributed by atoms with van der Waals surface area (Å²) in [6.07, 6.45) is -1.20. The van der Waals surface area contributed by atoms with Crippen molar-refractivity contribution in [3.05, 3.63) is 46.6 Å². The number of hydrogen-bond acceptors (Lipinski definition) is 6. The quantitative estimate of drug-likeness (QED) is 0.705. The van der Waals surface area contributed by atoms with Crippen molar-refractivity contribution in [1.82, 2.24) is 14.7 Å². The fraction of sp³-hybridized carbons (Fsp3) is 0.429. The van der Waals surface area contributed by atoms with E-state index < -0.39 is 23.7 Å². The number of nitrogens with zero attached hydrogens (tertiary/aromatic N) is 3. The van der Waals surface area contributed by atoms with Gasteiger partial charge in [0.05, 0.1) is 25.4 Å². The summed E-state index contributed by atoms with van der Waals surface area (Å²) in [7, 11) is 0. The second kappa shape index (κ2) is 8.97. The number of hydrogen-bond donors (Lipinski definition) is 1. The largest absolute Gasteiger partial charge is 0.448 e. The SMILES string of the molecule is CCOC(=O)n1nc(NC(=O)c2ccc(CCl)cc2)c2c1CN(C(=O)OC(C)(C)C)C2. The number of anilines is 1. The number of fused-ring (bicyclic) bond motifs is 1. The van der Waals surface area contributed by atoms with Crippen LogP contribution >= 0.6 is 11.6 Å². The summed E-state index contributed by atoms with van der Waals surface area (Å²) in [6, 6.07) is 6.83. The number of ether oxygens (including phenoxy) is 2. The van der Waals surface area contributed by atoms with Crippen LogP contribution in [0.25, 0.3) is 0 Å². The summed E-state index contributed by atoms with van der Waals surface area (Å²) in [5.74, 6) is 0.147. The highest BCUT2D eigenvalue weighted by Crippen LogP contribution is 2.31. The number of benzene rings is 1. The zero-order chi connectivity index (χ0) is 22.8. The molecule has 2 amide bonds. The number of carbonyl (C=O) groups excluding carboxylic acids is 3. The van der Waals surface area contributed by atoms with E-state index in [1.54, 1.807) is 52.0 Å². The van der Waals surface area contributed by atoms with Crippen molar-refractivity contribution in [2.24, 2.45) is 0 Å². The van der Waals surface area contributed by atoms with E-state index in [2.05, 4.69) is 10.4 Å². The zero-order valence-corrected chi connectivity index (χ0v) is 18.7. The second-order valence-corrected chi connectivity index (χ2v) is 8.27. The molecule has 31 heavy (non-hydrogen) atoms. The lowest BCUT2D eigenvalue weighted by molar-refractivity contribution is 0.0238. The molecule has 1 aliphatic rings. The molecular formula is C21H25ClN4O5. The summed E-state index contributed by atoms with van der Waals surface area (Å²) in [6.45, 7) is 7.42. The molecule has 9 nitrogen and oxygen atoms in total. The van der Waals surface area contributed by atoms with E-state index in [4.69, 9.17) is 21.1 Å². The van der Waals surface area contributed by atoms with Gasteiger partial charge in [-0.3, -0.25) is 9.69 Å². The van der Waals surface area contributed by atoms with Crippen LogP contribution in [0.5, 0.6) is 0 Å². The van der Waals surface area contributed by atoms with Gasteiger partial charge in [-0.25, -0.2) is 9.59 Å². The van der Waals surface area contributed by atoms with Crippen molar-refractivity contribution in [2.75, 3.05) is 11.9 Å². The third-order valence-electron chi connectivity index (χ3n) is 4.47. The van der Waals surface area contributed by atoms with Crippen LogP contribution in [0.15, 0.2) is 24.3 Å². The average Bonchev–Trinajstić information content (AvgIpc) is 3.27. The van der Waals surface area contributed by atoms with Crippen molar-refractivity contribution in [3.8, 4) is 0 Å². The van der Waals surface area contributed by atoms with Crippen LogP contribution in [0.1, 0.15) is 54.9 Å². The number of halogens is 1. The van der Waals surface area contributed by atoms with Gasteiger partial charge in [-0.15, -0.1) is 16.7 Å². The molecule has 0 saturated carbocycles. The molecule has 2 heterocycles. The van der Waals surface area contributed by atoms with E-state index in [1.165, 1.54) is 4.90 Å². The Labute approximate surface area is 185 Å². The van der Waals surface area contributed by atoms with Gasteiger partial charge in [0, 0.05) is 17.0 Å². The Bertz CT molecular complexity index is 994. The van der Waals surface area contributed by atoms with Gasteiger partial charge < -0.3 is 14.8 Å². The molecule has 0 atom stereocenters. The number of amides is 2. The van der Waals surface area contributed by atoms with Crippen molar-refractivity contribution in [1.29, 1.82) is 0 Å². The number of rotatable bonds is 4. The lowest BCUT2D eigenvalue weighted by Crippen LogP contribution is -2.34. The van der Waals surface area contributed by atoms with Crippen LogP contribution in [-0.2, 0) is 28.4 Å². The van der Waals surface area contributed by atoms with Crippen molar-refractivity contribution in [3.63, 3.8) is 0 Å². The van der Waals surface area contributed by atoms with Gasteiger partial charge in [-0.1, -0.05) is 12.1 Å². The summed E-state index contributed by atoms with van der Waals surface area (Å²) in [5.41, 5.74) is 1.67. The molecule has 166 valence electrons. The molecular weight excluding hydrogens is 424 g/mol. The highest BCUT2D eigenvalue weighted by Gasteiger charge is 2.35. The van der Waals surface area contributed by atoms with E-state index in [0.717, 1.165) is 10.2 Å². The molecule has 10 heteroatoms. The first kappa shape index (κ1) is 22.6. The Morgan fingerprint density at radius 3 is 2.39 bits per heavy atom. The minimum absolute atomic E-state index is 0.107. The van der Waals surface area contributed by atoms with Gasteiger partial charge in [0.1, 0.15) is 5.60 Å². The first-order chi connectivity index (χ1) is 14.6. The van der Waals surface area contributed by atoms with Crippen molar-refractivity contribution in [2.45, 2.75) is 52.3 Å². The number of alkyl halides is 1. The van der Waals surface area contributed by atoms with E-state index in [9.17, 15) is 14.4 Å². The summed E-state index contributed by atoms with van der Waals surface area (Å²) >= 11 is 5.79. The maximum atomic E-state index is 12.7. The third-order valence-corrected chi connectivity index (χ3v) is 4.78. The molecule has 0 bridgehead atoms. The lowest BCUT2D eigenvalue weighted by atomic mass is 10.1. The van der Waals surface area contributed by atoms with Crippen LogP contribution in [0.2, 0.25) is 0 Å². The third kappa shape index (κ3) is 5.16. The fourth-order valence-corrected chi connectivity index (χ4v) is 3.24. The van der Waals surface area contributed by atoms with Crippen LogP contribution in [0, 0.1) is 0 Å². The molecule has 0 saturated heterocycles. The molecule has 1 N–H and O–H groups in total. The molecule has 0 aliphatic carbocycles. The maximum absolute atomic E-state index is 12.7. The first-order valence-electron chi connectivity index (χ1n) is 9.85. The van der Waals surface area contributed by atoms with E-state index in [0.29, 0.717) is 22.7 Å². The van der Waals surface area contributed by atoms with Crippen LogP contribution < -0.4 is 5.32 Å². The highest BCUT2D eigenvalue weighted by atomic mass is 35.5. The Hall–Kier alpha value is -3.07. The second-order valence-electron chi connectivity index (χ2n) is 8.01. The van der Waals surface area contributed by atoms with E-state index in [1.807, 2.05) is 0 Å². The maximum Gasteiger partial charge on any atom is 0.435 e. The number of nitrogens with one attached hydrogen (secondary N) is 1. The minimum Gasteiger partial charge on any atom is -0.448 e. The molecule has 0 fully saturated rings.